The molecular formula is C14H18N2O2. The number of methoxy groups -OCH3 is 2. The van der Waals surface area contributed by atoms with Gasteiger partial charge in [-0.2, -0.15) is 5.26 Å². The van der Waals surface area contributed by atoms with Crippen molar-refractivity contribution in [1.29, 1.82) is 5.26 Å². The lowest BCUT2D eigenvalue weighted by molar-refractivity contribution is 0.239. The van der Waals surface area contributed by atoms with Crippen LogP contribution in [-0.2, 0) is 5.54 Å². The van der Waals surface area contributed by atoms with Gasteiger partial charge in [0.05, 0.1) is 20.3 Å². The summed E-state index contributed by atoms with van der Waals surface area (Å²) in [4.78, 5) is 2.11. The quantitative estimate of drug-likeness (QED) is 0.819. The normalized spacial score (nSPS) is 23.7. The topological polar surface area (TPSA) is 45.5 Å². The molecule has 0 bridgehead atoms. The van der Waals surface area contributed by atoms with Crippen LogP contribution in [0.25, 0.3) is 0 Å². The number of nitriles is 1. The van der Waals surface area contributed by atoms with Gasteiger partial charge in [-0.25, -0.2) is 0 Å². The summed E-state index contributed by atoms with van der Waals surface area (Å²) in [7, 11) is 5.21. The van der Waals surface area contributed by atoms with Crippen molar-refractivity contribution in [2.75, 3.05) is 27.8 Å². The second kappa shape index (κ2) is 4.87. The van der Waals surface area contributed by atoms with Gasteiger partial charge < -0.3 is 9.47 Å². The molecule has 0 N–H and O–H groups in total. The molecule has 1 heterocycles. The highest BCUT2D eigenvalue weighted by Gasteiger charge is 2.41. The molecule has 0 saturated carbocycles. The van der Waals surface area contributed by atoms with E-state index in [2.05, 4.69) is 11.0 Å². The van der Waals surface area contributed by atoms with Gasteiger partial charge in [-0.15, -0.1) is 0 Å². The Hall–Kier alpha value is -1.73. The molecular weight excluding hydrogens is 228 g/mol. The summed E-state index contributed by atoms with van der Waals surface area (Å²) in [5, 5.41) is 9.57. The predicted molar refractivity (Wildman–Crippen MR) is 68.7 cm³/mol. The molecule has 1 unspecified atom stereocenters. The molecule has 1 saturated heterocycles. The first-order chi connectivity index (χ1) is 8.67. The van der Waals surface area contributed by atoms with E-state index in [1.807, 2.05) is 25.2 Å². The second-order valence-electron chi connectivity index (χ2n) is 4.57. The first-order valence-electron chi connectivity index (χ1n) is 6.03. The summed E-state index contributed by atoms with van der Waals surface area (Å²) in [5.74, 6) is 1.36. The van der Waals surface area contributed by atoms with Gasteiger partial charge in [0, 0.05) is 0 Å². The first kappa shape index (κ1) is 12.7. The van der Waals surface area contributed by atoms with Crippen molar-refractivity contribution in [3.05, 3.63) is 23.8 Å². The molecule has 1 atom stereocenters. The Bertz CT molecular complexity index is 481. The molecule has 1 aliphatic heterocycles. The van der Waals surface area contributed by atoms with Crippen LogP contribution in [-0.4, -0.2) is 32.7 Å². The van der Waals surface area contributed by atoms with Gasteiger partial charge in [0.15, 0.2) is 11.5 Å². The maximum absolute atomic E-state index is 9.57. The van der Waals surface area contributed by atoms with Crippen LogP contribution in [0.1, 0.15) is 18.4 Å². The zero-order valence-electron chi connectivity index (χ0n) is 11.1. The SMILES string of the molecule is COc1ccc(C2(C#N)CCCN2C)cc1OC. The summed E-state index contributed by atoms with van der Waals surface area (Å²) in [6.07, 6.45) is 1.90. The highest BCUT2D eigenvalue weighted by atomic mass is 16.5. The summed E-state index contributed by atoms with van der Waals surface area (Å²) < 4.78 is 10.5. The van der Waals surface area contributed by atoms with E-state index in [4.69, 9.17) is 9.47 Å². The molecule has 0 amide bonds. The molecule has 4 nitrogen and oxygen atoms in total. The number of rotatable bonds is 3. The molecule has 0 aliphatic carbocycles. The van der Waals surface area contributed by atoms with E-state index in [0.717, 1.165) is 24.9 Å². The van der Waals surface area contributed by atoms with Gasteiger partial charge in [-0.05, 0) is 44.1 Å². The molecule has 1 aromatic rings. The summed E-state index contributed by atoms with van der Waals surface area (Å²) in [6, 6.07) is 8.18. The fourth-order valence-electron chi connectivity index (χ4n) is 2.62. The molecule has 96 valence electrons. The molecule has 0 spiro atoms. The predicted octanol–water partition coefficient (Wildman–Crippen LogP) is 2.15. The van der Waals surface area contributed by atoms with Gasteiger partial charge in [-0.1, -0.05) is 6.07 Å². The van der Waals surface area contributed by atoms with Gasteiger partial charge in [0.1, 0.15) is 5.54 Å². The number of hydrogen-bond acceptors (Lipinski definition) is 4. The minimum absolute atomic E-state index is 0.528. The largest absolute Gasteiger partial charge is 0.493 e. The van der Waals surface area contributed by atoms with E-state index >= 15 is 0 Å². The Morgan fingerprint density at radius 2 is 2.00 bits per heavy atom. The molecule has 0 aromatic heterocycles. The average Bonchev–Trinajstić information content (AvgIpc) is 2.80. The first-order valence-corrected chi connectivity index (χ1v) is 6.03. The minimum Gasteiger partial charge on any atom is -0.493 e. The van der Waals surface area contributed by atoms with Crippen molar-refractivity contribution < 1.29 is 9.47 Å². The van der Waals surface area contributed by atoms with Crippen molar-refractivity contribution in [3.63, 3.8) is 0 Å². The highest BCUT2D eigenvalue weighted by Crippen LogP contribution is 2.40. The smallest absolute Gasteiger partial charge is 0.161 e. The van der Waals surface area contributed by atoms with E-state index in [-0.39, 0.29) is 0 Å². The van der Waals surface area contributed by atoms with E-state index in [0.29, 0.717) is 11.5 Å². The van der Waals surface area contributed by atoms with Gasteiger partial charge in [0.25, 0.3) is 0 Å². The lowest BCUT2D eigenvalue weighted by atomic mass is 9.88. The minimum atomic E-state index is -0.528. The van der Waals surface area contributed by atoms with Crippen molar-refractivity contribution in [3.8, 4) is 17.6 Å². The number of ether oxygens (including phenoxy) is 2. The Kier molecular flexibility index (Phi) is 3.44. The maximum atomic E-state index is 9.57. The second-order valence-corrected chi connectivity index (χ2v) is 4.57. The van der Waals surface area contributed by atoms with E-state index in [1.165, 1.54) is 0 Å². The summed E-state index contributed by atoms with van der Waals surface area (Å²) in [6.45, 7) is 0.946. The number of nitrogens with zero attached hydrogens (tertiary/aromatic N) is 2. The summed E-state index contributed by atoms with van der Waals surface area (Å²) >= 11 is 0. The van der Waals surface area contributed by atoms with Crippen LogP contribution < -0.4 is 9.47 Å². The van der Waals surface area contributed by atoms with Crippen LogP contribution in [0.2, 0.25) is 0 Å². The maximum Gasteiger partial charge on any atom is 0.161 e. The number of benzene rings is 1. The number of likely N-dealkylation sites (tertiary alicyclic amines) is 1. The molecule has 18 heavy (non-hydrogen) atoms. The van der Waals surface area contributed by atoms with Gasteiger partial charge in [0.2, 0.25) is 0 Å². The third-order valence-corrected chi connectivity index (χ3v) is 3.73. The standard InChI is InChI=1S/C14H18N2O2/c1-16-8-4-7-14(16,10-15)11-5-6-12(17-2)13(9-11)18-3/h5-6,9H,4,7-8H2,1-3H3. The molecule has 2 rings (SSSR count). The lowest BCUT2D eigenvalue weighted by Crippen LogP contribution is -2.36. The van der Waals surface area contributed by atoms with Crippen LogP contribution in [0.15, 0.2) is 18.2 Å². The lowest BCUT2D eigenvalue weighted by Gasteiger charge is -2.30. The van der Waals surface area contributed by atoms with Crippen molar-refractivity contribution in [1.82, 2.24) is 4.90 Å². The van der Waals surface area contributed by atoms with Crippen molar-refractivity contribution in [2.45, 2.75) is 18.4 Å². The molecule has 1 fully saturated rings. The van der Waals surface area contributed by atoms with Gasteiger partial charge >= 0.3 is 0 Å². The molecule has 0 radical (unpaired) electrons. The molecule has 1 aromatic carbocycles. The Morgan fingerprint density at radius 3 is 2.50 bits per heavy atom. The highest BCUT2D eigenvalue weighted by molar-refractivity contribution is 5.47. The van der Waals surface area contributed by atoms with Crippen LogP contribution in [0.3, 0.4) is 0 Å². The fourth-order valence-corrected chi connectivity index (χ4v) is 2.62. The third-order valence-electron chi connectivity index (χ3n) is 3.73. The zero-order chi connectivity index (χ0) is 13.2. The average molecular weight is 246 g/mol. The van der Waals surface area contributed by atoms with Gasteiger partial charge in [-0.3, -0.25) is 4.90 Å². The monoisotopic (exact) mass is 246 g/mol. The number of hydrogen-bond donors (Lipinski definition) is 0. The van der Waals surface area contributed by atoms with Crippen molar-refractivity contribution >= 4 is 0 Å². The van der Waals surface area contributed by atoms with E-state index in [1.54, 1.807) is 14.2 Å². The third kappa shape index (κ3) is 1.81. The van der Waals surface area contributed by atoms with E-state index in [9.17, 15) is 5.26 Å². The summed E-state index contributed by atoms with van der Waals surface area (Å²) in [5.41, 5.74) is 0.446. The fraction of sp³-hybridized carbons (Fsp3) is 0.500. The Morgan fingerprint density at radius 1 is 1.28 bits per heavy atom. The van der Waals surface area contributed by atoms with Crippen molar-refractivity contribution in [2.24, 2.45) is 0 Å². The van der Waals surface area contributed by atoms with E-state index < -0.39 is 5.54 Å². The van der Waals surface area contributed by atoms with Crippen LogP contribution >= 0.6 is 0 Å². The molecule has 4 heteroatoms. The molecule has 1 aliphatic rings. The Balaban J connectivity index is 2.48. The zero-order valence-corrected chi connectivity index (χ0v) is 11.1. The van der Waals surface area contributed by atoms with Crippen LogP contribution in [0.5, 0.6) is 11.5 Å². The van der Waals surface area contributed by atoms with Crippen LogP contribution in [0.4, 0.5) is 0 Å². The van der Waals surface area contributed by atoms with Crippen LogP contribution in [0, 0.1) is 11.3 Å². The Labute approximate surface area is 108 Å².